The molecule has 6 rings (SSSR count). The highest BCUT2D eigenvalue weighted by atomic mass is 32.1. The van der Waals surface area contributed by atoms with Gasteiger partial charge in [0.05, 0.1) is 38.9 Å². The zero-order valence-electron chi connectivity index (χ0n) is 20.2. The number of hydrogen-bond donors (Lipinski definition) is 4. The van der Waals surface area contributed by atoms with Crippen molar-refractivity contribution >= 4 is 34.7 Å². The van der Waals surface area contributed by atoms with Gasteiger partial charge in [-0.2, -0.15) is 5.10 Å². The van der Waals surface area contributed by atoms with Gasteiger partial charge in [-0.05, 0) is 23.8 Å². The summed E-state index contributed by atoms with van der Waals surface area (Å²) in [5, 5.41) is 13.5. The van der Waals surface area contributed by atoms with Crippen molar-refractivity contribution in [3.05, 3.63) is 82.2 Å². The number of carbonyl (C=O) groups is 3. The largest absolute Gasteiger partial charge is 0.355 e. The molecule has 3 amide bonds. The Balaban J connectivity index is 1.29. The van der Waals surface area contributed by atoms with E-state index < -0.39 is 12.3 Å². The third-order valence-electron chi connectivity index (χ3n) is 6.58. The van der Waals surface area contributed by atoms with Crippen molar-refractivity contribution in [3.63, 3.8) is 0 Å². The number of primary amides is 1. The quantitative estimate of drug-likeness (QED) is 0.267. The van der Waals surface area contributed by atoms with Crippen molar-refractivity contribution in [2.45, 2.75) is 12.8 Å². The van der Waals surface area contributed by atoms with Gasteiger partial charge in [-0.3, -0.25) is 19.6 Å². The molecule has 0 spiro atoms. The van der Waals surface area contributed by atoms with Crippen LogP contribution in [0.3, 0.4) is 0 Å². The van der Waals surface area contributed by atoms with Crippen LogP contribution in [0.4, 0.5) is 10.5 Å². The zero-order chi connectivity index (χ0) is 26.2. The molecule has 0 radical (unpaired) electrons. The third kappa shape index (κ3) is 4.16. The summed E-state index contributed by atoms with van der Waals surface area (Å²) in [6.45, 7) is 1.89. The maximum Gasteiger partial charge on any atom is 0.321 e. The smallest absolute Gasteiger partial charge is 0.321 e. The van der Waals surface area contributed by atoms with Crippen LogP contribution in [0.15, 0.2) is 60.7 Å². The highest BCUT2D eigenvalue weighted by Crippen LogP contribution is 2.45. The number of benzene rings is 2. The molecule has 0 bridgehead atoms. The van der Waals surface area contributed by atoms with Crippen LogP contribution < -0.4 is 21.3 Å². The second-order valence-corrected chi connectivity index (χ2v) is 10.0. The number of hydrogen-bond acceptors (Lipinski definition) is 7. The number of nitrogens with two attached hydrogens (primary N) is 1. The first-order valence-corrected chi connectivity index (χ1v) is 12.9. The number of aromatic amines is 1. The average molecular weight is 529 g/mol. The number of rotatable bonds is 6. The van der Waals surface area contributed by atoms with E-state index in [2.05, 4.69) is 20.8 Å². The van der Waals surface area contributed by atoms with Gasteiger partial charge in [0.25, 0.3) is 5.91 Å². The van der Waals surface area contributed by atoms with Gasteiger partial charge in [-0.1, -0.05) is 42.5 Å². The highest BCUT2D eigenvalue weighted by Gasteiger charge is 2.38. The van der Waals surface area contributed by atoms with Gasteiger partial charge in [0.1, 0.15) is 5.69 Å². The molecule has 0 saturated carbocycles. The molecule has 1 atom stereocenters. The van der Waals surface area contributed by atoms with Crippen LogP contribution in [0.25, 0.3) is 21.8 Å². The maximum absolute atomic E-state index is 13.8. The van der Waals surface area contributed by atoms with Gasteiger partial charge in [0, 0.05) is 25.2 Å². The van der Waals surface area contributed by atoms with E-state index in [1.54, 1.807) is 30.3 Å². The summed E-state index contributed by atoms with van der Waals surface area (Å²) in [6, 6.07) is 17.7. The van der Waals surface area contributed by atoms with Crippen LogP contribution in [0, 0.1) is 0 Å². The number of fused-ring (bicyclic) bond motifs is 3. The van der Waals surface area contributed by atoms with Crippen LogP contribution in [-0.2, 0) is 11.3 Å². The van der Waals surface area contributed by atoms with E-state index in [0.29, 0.717) is 69.8 Å². The zero-order valence-corrected chi connectivity index (χ0v) is 21.0. The number of nitrogens with zero attached hydrogens (tertiary/aromatic N) is 2. The van der Waals surface area contributed by atoms with Crippen molar-refractivity contribution in [3.8, 4) is 21.8 Å². The van der Waals surface area contributed by atoms with E-state index >= 15 is 0 Å². The first-order chi connectivity index (χ1) is 18.5. The Morgan fingerprint density at radius 1 is 1.11 bits per heavy atom. The summed E-state index contributed by atoms with van der Waals surface area (Å²) >= 11 is 1.27. The molecular weight excluding hydrogens is 504 g/mol. The number of ether oxygens (including phenoxy) is 1. The number of nitrogens with one attached hydrogen (secondary N) is 3. The summed E-state index contributed by atoms with van der Waals surface area (Å²) in [4.78, 5) is 41.6. The van der Waals surface area contributed by atoms with Crippen molar-refractivity contribution in [1.82, 2.24) is 20.8 Å². The molecule has 4 aromatic rings. The molecule has 10 nitrogen and oxygen atoms in total. The number of urea groups is 1. The molecule has 5 N–H and O–H groups in total. The fraction of sp³-hybridized carbons (Fsp3) is 0.185. The number of thiophene rings is 1. The number of ketones is 1. The first kappa shape index (κ1) is 24.0. The Morgan fingerprint density at radius 3 is 2.71 bits per heavy atom. The van der Waals surface area contributed by atoms with Gasteiger partial charge in [-0.25, -0.2) is 4.79 Å². The van der Waals surface area contributed by atoms with Crippen LogP contribution in [-0.4, -0.2) is 53.8 Å². The van der Waals surface area contributed by atoms with Gasteiger partial charge < -0.3 is 21.1 Å². The van der Waals surface area contributed by atoms with Gasteiger partial charge in [0.15, 0.2) is 12.0 Å². The number of morpholine rings is 1. The lowest BCUT2D eigenvalue weighted by atomic mass is 10.0. The Kier molecular flexibility index (Phi) is 6.24. The molecule has 2 aromatic heterocycles. The average Bonchev–Trinajstić information content (AvgIpc) is 3.66. The number of amides is 3. The third-order valence-corrected chi connectivity index (χ3v) is 7.68. The summed E-state index contributed by atoms with van der Waals surface area (Å²) in [7, 11) is 0. The van der Waals surface area contributed by atoms with E-state index in [0.717, 1.165) is 5.56 Å². The number of anilines is 1. The fourth-order valence-corrected chi connectivity index (χ4v) is 5.75. The Bertz CT molecular complexity index is 1540. The van der Waals surface area contributed by atoms with Crippen molar-refractivity contribution < 1.29 is 19.1 Å². The lowest BCUT2D eigenvalue weighted by Crippen LogP contribution is -2.53. The molecule has 38 heavy (non-hydrogen) atoms. The molecule has 1 fully saturated rings. The van der Waals surface area contributed by atoms with E-state index in [1.165, 1.54) is 16.2 Å². The summed E-state index contributed by atoms with van der Waals surface area (Å²) < 4.78 is 5.77. The van der Waals surface area contributed by atoms with E-state index in [1.807, 2.05) is 30.3 Å². The summed E-state index contributed by atoms with van der Waals surface area (Å²) in [5.74, 6) is -0.468. The minimum absolute atomic E-state index is 0.198. The first-order valence-electron chi connectivity index (χ1n) is 12.1. The monoisotopic (exact) mass is 528 g/mol. The second-order valence-electron chi connectivity index (χ2n) is 8.92. The molecule has 192 valence electrons. The highest BCUT2D eigenvalue weighted by molar-refractivity contribution is 7.17. The Morgan fingerprint density at radius 2 is 1.95 bits per heavy atom. The molecular formula is C27H24N6O4S. The lowest BCUT2D eigenvalue weighted by Gasteiger charge is -2.34. The van der Waals surface area contributed by atoms with E-state index in [-0.39, 0.29) is 11.7 Å². The van der Waals surface area contributed by atoms with Crippen LogP contribution in [0.2, 0.25) is 0 Å². The topological polar surface area (TPSA) is 142 Å². The molecule has 11 heteroatoms. The van der Waals surface area contributed by atoms with Crippen LogP contribution in [0.1, 0.15) is 31.2 Å². The molecule has 1 saturated heterocycles. The van der Waals surface area contributed by atoms with Gasteiger partial charge in [-0.15, -0.1) is 11.3 Å². The molecule has 1 aliphatic carbocycles. The molecule has 1 unspecified atom stereocenters. The lowest BCUT2D eigenvalue weighted by molar-refractivity contribution is 0.0317. The van der Waals surface area contributed by atoms with Gasteiger partial charge in [0.2, 0.25) is 0 Å². The summed E-state index contributed by atoms with van der Waals surface area (Å²) in [5.41, 5.74) is 9.51. The predicted molar refractivity (Wildman–Crippen MR) is 143 cm³/mol. The second kappa shape index (κ2) is 9.86. The minimum Gasteiger partial charge on any atom is -0.355 e. The van der Waals surface area contributed by atoms with E-state index in [9.17, 15) is 14.4 Å². The number of H-pyrrole nitrogens is 1. The van der Waals surface area contributed by atoms with Crippen molar-refractivity contribution in [2.24, 2.45) is 5.73 Å². The van der Waals surface area contributed by atoms with E-state index in [4.69, 9.17) is 10.5 Å². The predicted octanol–water partition coefficient (Wildman–Crippen LogP) is 3.11. The van der Waals surface area contributed by atoms with Crippen molar-refractivity contribution in [2.75, 3.05) is 24.6 Å². The SMILES string of the molecule is NC(=O)N(c1cccc2c1C(=O)c1c-2n[nH]c1-c1ccc(C(=O)NCc2ccccc2)s1)C1CNCCO1. The van der Waals surface area contributed by atoms with Gasteiger partial charge >= 0.3 is 6.03 Å². The summed E-state index contributed by atoms with van der Waals surface area (Å²) in [6.07, 6.45) is -0.635. The molecule has 1 aliphatic heterocycles. The minimum atomic E-state index is -0.712. The number of aromatic nitrogens is 2. The Hall–Kier alpha value is -4.32. The van der Waals surface area contributed by atoms with Crippen LogP contribution >= 0.6 is 11.3 Å². The van der Waals surface area contributed by atoms with Crippen molar-refractivity contribution in [1.29, 1.82) is 0 Å². The Labute approximate surface area is 221 Å². The maximum atomic E-state index is 13.8. The molecule has 2 aromatic carbocycles. The van der Waals surface area contributed by atoms with Crippen LogP contribution in [0.5, 0.6) is 0 Å². The standard InChI is InChI=1S/C27H24N6O4S/c28-27(36)33(20-14-29-11-12-37-20)17-8-4-7-16-21(17)25(34)22-23(16)31-32-24(22)18-9-10-19(38-18)26(35)30-13-15-5-2-1-3-6-15/h1-10,20,29H,11-14H2,(H2,28,36)(H,30,35)(H,31,32). The normalized spacial score (nSPS) is 16.1. The molecule has 3 heterocycles. The molecule has 2 aliphatic rings. The fourth-order valence-electron chi connectivity index (χ4n) is 4.83. The number of carbonyl (C=O) groups excluding carboxylic acids is 3.